The molecule has 1 unspecified atom stereocenters. The van der Waals surface area contributed by atoms with Gasteiger partial charge in [-0.3, -0.25) is 0 Å². The van der Waals surface area contributed by atoms with Gasteiger partial charge in [-0.2, -0.15) is 0 Å². The quantitative estimate of drug-likeness (QED) is 0.866. The van der Waals surface area contributed by atoms with Crippen molar-refractivity contribution < 1.29 is 4.74 Å². The second kappa shape index (κ2) is 4.27. The number of ether oxygens (including phenoxy) is 1. The van der Waals surface area contributed by atoms with Crippen LogP contribution in [0.15, 0.2) is 18.2 Å². The second-order valence-corrected chi connectivity index (χ2v) is 5.94. The van der Waals surface area contributed by atoms with Crippen LogP contribution in [-0.2, 0) is 19.4 Å². The van der Waals surface area contributed by atoms with Gasteiger partial charge >= 0.3 is 0 Å². The molecule has 0 saturated heterocycles. The maximum absolute atomic E-state index is 6.33. The van der Waals surface area contributed by atoms with E-state index in [0.29, 0.717) is 5.92 Å². The molecule has 0 saturated carbocycles. The molecule has 1 atom stereocenters. The van der Waals surface area contributed by atoms with Crippen molar-refractivity contribution in [1.82, 2.24) is 9.55 Å². The highest BCUT2D eigenvalue weighted by Crippen LogP contribution is 2.34. The lowest BCUT2D eigenvalue weighted by molar-refractivity contribution is 0.357. The number of imidazole rings is 1. The van der Waals surface area contributed by atoms with Crippen LogP contribution in [0.3, 0.4) is 0 Å². The van der Waals surface area contributed by atoms with E-state index in [1.54, 1.807) is 0 Å². The summed E-state index contributed by atoms with van der Waals surface area (Å²) in [6.07, 6.45) is 3.21. The van der Waals surface area contributed by atoms with Crippen molar-refractivity contribution in [3.63, 3.8) is 0 Å². The number of nitrogens with zero attached hydrogens (tertiary/aromatic N) is 2. The van der Waals surface area contributed by atoms with Crippen LogP contribution >= 0.6 is 0 Å². The van der Waals surface area contributed by atoms with Crippen LogP contribution in [0, 0.1) is 5.92 Å². The molecule has 20 heavy (non-hydrogen) atoms. The molecule has 0 amide bonds. The molecule has 3 heterocycles. The standard InChI is InChI=1S/C16H19N3O/c1-10-2-5-14-18-15(16(17)19(14)9-10)12-3-4-13-11(8-12)6-7-20-13/h3-4,8,10H,2,5-7,9,17H2,1H3. The predicted molar refractivity (Wildman–Crippen MR) is 78.8 cm³/mol. The highest BCUT2D eigenvalue weighted by Gasteiger charge is 2.23. The Bertz CT molecular complexity index is 675. The molecule has 2 N–H and O–H groups in total. The monoisotopic (exact) mass is 269 g/mol. The molecule has 0 spiro atoms. The zero-order valence-corrected chi connectivity index (χ0v) is 11.7. The minimum Gasteiger partial charge on any atom is -0.493 e. The van der Waals surface area contributed by atoms with Crippen LogP contribution in [0.1, 0.15) is 24.7 Å². The lowest BCUT2D eigenvalue weighted by atomic mass is 10.0. The lowest BCUT2D eigenvalue weighted by Gasteiger charge is -2.20. The summed E-state index contributed by atoms with van der Waals surface area (Å²) < 4.78 is 7.75. The zero-order chi connectivity index (χ0) is 13.7. The first-order valence-corrected chi connectivity index (χ1v) is 7.33. The average Bonchev–Trinajstić information content (AvgIpc) is 3.03. The number of nitrogens with two attached hydrogens (primary N) is 1. The summed E-state index contributed by atoms with van der Waals surface area (Å²) in [5.41, 5.74) is 9.64. The van der Waals surface area contributed by atoms with E-state index in [1.807, 2.05) is 6.07 Å². The molecule has 0 bridgehead atoms. The van der Waals surface area contributed by atoms with Crippen LogP contribution in [0.25, 0.3) is 11.3 Å². The van der Waals surface area contributed by atoms with Gasteiger partial charge in [-0.15, -0.1) is 0 Å². The Morgan fingerprint density at radius 1 is 1.35 bits per heavy atom. The highest BCUT2D eigenvalue weighted by molar-refractivity contribution is 5.72. The second-order valence-electron chi connectivity index (χ2n) is 5.94. The van der Waals surface area contributed by atoms with Crippen molar-refractivity contribution in [2.24, 2.45) is 5.92 Å². The fourth-order valence-electron chi connectivity index (χ4n) is 3.23. The third kappa shape index (κ3) is 1.71. The topological polar surface area (TPSA) is 53.1 Å². The van der Waals surface area contributed by atoms with E-state index in [9.17, 15) is 0 Å². The van der Waals surface area contributed by atoms with Gasteiger partial charge in [0.25, 0.3) is 0 Å². The van der Waals surface area contributed by atoms with Crippen molar-refractivity contribution >= 4 is 5.82 Å². The Kier molecular flexibility index (Phi) is 2.52. The van der Waals surface area contributed by atoms with Gasteiger partial charge in [0.2, 0.25) is 0 Å². The Morgan fingerprint density at radius 3 is 3.15 bits per heavy atom. The van der Waals surface area contributed by atoms with Crippen molar-refractivity contribution in [2.75, 3.05) is 12.3 Å². The van der Waals surface area contributed by atoms with E-state index in [-0.39, 0.29) is 0 Å². The average molecular weight is 269 g/mol. The highest BCUT2D eigenvalue weighted by atomic mass is 16.5. The van der Waals surface area contributed by atoms with Gasteiger partial charge in [0.15, 0.2) is 0 Å². The molecule has 2 aliphatic rings. The maximum Gasteiger partial charge on any atom is 0.131 e. The Balaban J connectivity index is 1.79. The number of aromatic nitrogens is 2. The molecular weight excluding hydrogens is 250 g/mol. The Hall–Kier alpha value is -1.97. The molecule has 104 valence electrons. The molecule has 1 aromatic heterocycles. The number of benzene rings is 1. The normalized spacial score (nSPS) is 20.4. The predicted octanol–water partition coefficient (Wildman–Crippen LogP) is 2.65. The summed E-state index contributed by atoms with van der Waals surface area (Å²) in [6, 6.07) is 6.28. The minimum atomic E-state index is 0.681. The van der Waals surface area contributed by atoms with Gasteiger partial charge in [-0.1, -0.05) is 6.92 Å². The van der Waals surface area contributed by atoms with Gasteiger partial charge in [-0.25, -0.2) is 4.98 Å². The summed E-state index contributed by atoms with van der Waals surface area (Å²) in [7, 11) is 0. The number of aryl methyl sites for hydroxylation is 1. The fraction of sp³-hybridized carbons (Fsp3) is 0.438. The van der Waals surface area contributed by atoms with Crippen LogP contribution in [0.2, 0.25) is 0 Å². The summed E-state index contributed by atoms with van der Waals surface area (Å²) in [6.45, 7) is 4.04. The maximum atomic E-state index is 6.33. The number of rotatable bonds is 1. The van der Waals surface area contributed by atoms with Crippen LogP contribution in [0.4, 0.5) is 5.82 Å². The summed E-state index contributed by atoms with van der Waals surface area (Å²) in [5.74, 6) is 3.63. The smallest absolute Gasteiger partial charge is 0.131 e. The minimum absolute atomic E-state index is 0.681. The van der Waals surface area contributed by atoms with Crippen molar-refractivity contribution in [3.05, 3.63) is 29.6 Å². The molecule has 0 radical (unpaired) electrons. The number of hydrogen-bond acceptors (Lipinski definition) is 3. The largest absolute Gasteiger partial charge is 0.493 e. The number of anilines is 1. The van der Waals surface area contributed by atoms with E-state index >= 15 is 0 Å². The zero-order valence-electron chi connectivity index (χ0n) is 11.7. The van der Waals surface area contributed by atoms with Gasteiger partial charge < -0.3 is 15.0 Å². The van der Waals surface area contributed by atoms with E-state index < -0.39 is 0 Å². The van der Waals surface area contributed by atoms with E-state index in [4.69, 9.17) is 15.5 Å². The lowest BCUT2D eigenvalue weighted by Crippen LogP contribution is -2.19. The van der Waals surface area contributed by atoms with E-state index in [2.05, 4.69) is 23.6 Å². The van der Waals surface area contributed by atoms with E-state index in [0.717, 1.165) is 54.6 Å². The van der Waals surface area contributed by atoms with Crippen molar-refractivity contribution in [1.29, 1.82) is 0 Å². The molecule has 4 heteroatoms. The van der Waals surface area contributed by atoms with Crippen LogP contribution in [0.5, 0.6) is 5.75 Å². The molecular formula is C16H19N3O. The molecule has 4 rings (SSSR count). The van der Waals surface area contributed by atoms with Crippen LogP contribution < -0.4 is 10.5 Å². The molecule has 1 aromatic carbocycles. The third-order valence-corrected chi connectivity index (χ3v) is 4.40. The van der Waals surface area contributed by atoms with Gasteiger partial charge in [-0.05, 0) is 36.1 Å². The van der Waals surface area contributed by atoms with Gasteiger partial charge in [0.05, 0.1) is 6.61 Å². The van der Waals surface area contributed by atoms with Crippen molar-refractivity contribution in [3.8, 4) is 17.0 Å². The summed E-state index contributed by atoms with van der Waals surface area (Å²) >= 11 is 0. The first-order chi connectivity index (χ1) is 9.72. The molecule has 0 fully saturated rings. The number of fused-ring (bicyclic) bond motifs is 2. The summed E-state index contributed by atoms with van der Waals surface area (Å²) in [4.78, 5) is 4.78. The number of nitrogen functional groups attached to an aromatic ring is 1. The van der Waals surface area contributed by atoms with Gasteiger partial charge in [0.1, 0.15) is 23.1 Å². The first kappa shape index (κ1) is 11.8. The third-order valence-electron chi connectivity index (χ3n) is 4.40. The summed E-state index contributed by atoms with van der Waals surface area (Å²) in [5, 5.41) is 0. The van der Waals surface area contributed by atoms with Crippen molar-refractivity contribution in [2.45, 2.75) is 32.7 Å². The molecule has 4 nitrogen and oxygen atoms in total. The van der Waals surface area contributed by atoms with E-state index in [1.165, 1.54) is 12.0 Å². The Morgan fingerprint density at radius 2 is 2.25 bits per heavy atom. The molecule has 0 aliphatic carbocycles. The van der Waals surface area contributed by atoms with Gasteiger partial charge in [0, 0.05) is 24.9 Å². The number of hydrogen-bond donors (Lipinski definition) is 1. The molecule has 2 aliphatic heterocycles. The SMILES string of the molecule is CC1CCc2nc(-c3ccc4c(c3)CCO4)c(N)n2C1. The fourth-order valence-corrected chi connectivity index (χ4v) is 3.23. The Labute approximate surface area is 118 Å². The first-order valence-electron chi connectivity index (χ1n) is 7.33. The molecule has 2 aromatic rings. The van der Waals surface area contributed by atoms with Crippen LogP contribution in [-0.4, -0.2) is 16.2 Å².